The Bertz CT molecular complexity index is 691. The summed E-state index contributed by atoms with van der Waals surface area (Å²) in [5.41, 5.74) is 1.58. The Labute approximate surface area is 108 Å². The van der Waals surface area contributed by atoms with Gasteiger partial charge < -0.3 is 0 Å². The first-order valence-electron chi connectivity index (χ1n) is 4.87. The summed E-state index contributed by atoms with van der Waals surface area (Å²) >= 11 is 1.54. The molecule has 2 aromatic heterocycles. The lowest BCUT2D eigenvalue weighted by Crippen LogP contribution is -2.17. The van der Waals surface area contributed by atoms with Gasteiger partial charge in [-0.3, -0.25) is 9.36 Å². The van der Waals surface area contributed by atoms with Crippen molar-refractivity contribution in [2.45, 2.75) is 0 Å². The first kappa shape index (κ1) is 11.8. The van der Waals surface area contributed by atoms with Gasteiger partial charge in [-0.2, -0.15) is 0 Å². The van der Waals surface area contributed by atoms with E-state index in [4.69, 9.17) is 0 Å². The summed E-state index contributed by atoms with van der Waals surface area (Å²) in [7, 11) is 0. The van der Waals surface area contributed by atoms with Crippen LogP contribution in [0.5, 0.6) is 0 Å². The monoisotopic (exact) mass is 264 g/mol. The van der Waals surface area contributed by atoms with Crippen LogP contribution in [0.2, 0.25) is 0 Å². The minimum absolute atomic E-state index is 0. The average Bonchev–Trinajstić information content (AvgIpc) is 2.82. The van der Waals surface area contributed by atoms with Crippen molar-refractivity contribution in [1.82, 2.24) is 9.55 Å². The van der Waals surface area contributed by atoms with E-state index in [-0.39, 0.29) is 18.0 Å². The van der Waals surface area contributed by atoms with Gasteiger partial charge in [-0.15, -0.1) is 23.7 Å². The van der Waals surface area contributed by atoms with Gasteiger partial charge in [0.2, 0.25) is 0 Å². The summed E-state index contributed by atoms with van der Waals surface area (Å²) in [5, 5.41) is 2.88. The Hall–Kier alpha value is -1.65. The highest BCUT2D eigenvalue weighted by Crippen LogP contribution is 2.18. The van der Waals surface area contributed by atoms with Crippen LogP contribution in [0.3, 0.4) is 0 Å². The van der Waals surface area contributed by atoms with Crippen molar-refractivity contribution in [1.29, 1.82) is 0 Å². The number of aromatic nitrogens is 2. The molecule has 0 aliphatic heterocycles. The molecule has 3 nitrogen and oxygen atoms in total. The topological polar surface area (TPSA) is 34.9 Å². The molecule has 86 valence electrons. The molecule has 0 saturated carbocycles. The van der Waals surface area contributed by atoms with E-state index in [1.165, 1.54) is 6.20 Å². The molecular weight excluding hydrogens is 256 g/mol. The molecule has 3 rings (SSSR count). The molecule has 0 spiro atoms. The molecule has 1 aromatic carbocycles. The normalized spacial score (nSPS) is 10.1. The Kier molecular flexibility index (Phi) is 3.26. The molecule has 0 aliphatic rings. The Morgan fingerprint density at radius 3 is 2.71 bits per heavy atom. The zero-order valence-corrected chi connectivity index (χ0v) is 10.4. The third kappa shape index (κ3) is 1.97. The molecule has 0 N–H and O–H groups in total. The molecule has 0 saturated heterocycles. The van der Waals surface area contributed by atoms with E-state index in [9.17, 15) is 4.79 Å². The van der Waals surface area contributed by atoms with Crippen LogP contribution in [0.1, 0.15) is 0 Å². The number of fused-ring (bicyclic) bond motifs is 1. The number of hydrogen-bond donors (Lipinski definition) is 0. The van der Waals surface area contributed by atoms with Crippen LogP contribution in [0.25, 0.3) is 16.0 Å². The molecule has 0 unspecified atom stereocenters. The van der Waals surface area contributed by atoms with Gasteiger partial charge in [0.1, 0.15) is 5.00 Å². The highest BCUT2D eigenvalue weighted by atomic mass is 35.5. The predicted octanol–water partition coefficient (Wildman–Crippen LogP) is 2.87. The minimum Gasteiger partial charge on any atom is -0.267 e. The van der Waals surface area contributed by atoms with Gasteiger partial charge in [0.05, 0.1) is 17.2 Å². The van der Waals surface area contributed by atoms with Gasteiger partial charge >= 0.3 is 0 Å². The van der Waals surface area contributed by atoms with Crippen molar-refractivity contribution in [2.75, 3.05) is 0 Å². The summed E-state index contributed by atoms with van der Waals surface area (Å²) in [5.74, 6) is 0. The van der Waals surface area contributed by atoms with E-state index in [2.05, 4.69) is 4.98 Å². The third-order valence-electron chi connectivity index (χ3n) is 2.38. The van der Waals surface area contributed by atoms with Gasteiger partial charge in [-0.05, 0) is 29.6 Å². The second-order valence-corrected chi connectivity index (χ2v) is 4.30. The maximum atomic E-state index is 11.8. The highest BCUT2D eigenvalue weighted by molar-refractivity contribution is 7.12. The van der Waals surface area contributed by atoms with Crippen LogP contribution in [-0.2, 0) is 0 Å². The molecule has 0 radical (unpaired) electrons. The smallest absolute Gasteiger partial charge is 0.267 e. The van der Waals surface area contributed by atoms with Crippen LogP contribution in [0, 0.1) is 0 Å². The number of rotatable bonds is 1. The number of halogens is 1. The summed E-state index contributed by atoms with van der Waals surface area (Å²) in [6, 6.07) is 11.5. The SMILES string of the molecule is Cl.O=c1cnc2ccccc2n1-c1cccs1. The van der Waals surface area contributed by atoms with Crippen LogP contribution in [0.15, 0.2) is 52.8 Å². The van der Waals surface area contributed by atoms with Gasteiger partial charge in [0.15, 0.2) is 0 Å². The van der Waals surface area contributed by atoms with Crippen molar-refractivity contribution in [3.63, 3.8) is 0 Å². The standard InChI is InChI=1S/C12H8N2OS.ClH/c15-11-8-13-9-4-1-2-5-10(9)14(11)12-6-3-7-16-12;/h1-8H;1H. The lowest BCUT2D eigenvalue weighted by molar-refractivity contribution is 1.04. The van der Waals surface area contributed by atoms with E-state index >= 15 is 0 Å². The first-order chi connectivity index (χ1) is 7.86. The van der Waals surface area contributed by atoms with Crippen LogP contribution >= 0.6 is 23.7 Å². The van der Waals surface area contributed by atoms with Crippen molar-refractivity contribution < 1.29 is 0 Å². The number of benzene rings is 1. The number of nitrogens with zero attached hydrogens (tertiary/aromatic N) is 2. The predicted molar refractivity (Wildman–Crippen MR) is 72.5 cm³/mol. The van der Waals surface area contributed by atoms with Gasteiger partial charge in [-0.25, -0.2) is 4.98 Å². The molecule has 0 aliphatic carbocycles. The summed E-state index contributed by atoms with van der Waals surface area (Å²) in [4.78, 5) is 16.0. The van der Waals surface area contributed by atoms with Gasteiger partial charge in [0, 0.05) is 0 Å². The zero-order chi connectivity index (χ0) is 11.0. The van der Waals surface area contributed by atoms with Crippen molar-refractivity contribution >= 4 is 34.8 Å². The lowest BCUT2D eigenvalue weighted by atomic mass is 10.3. The minimum atomic E-state index is -0.0962. The molecule has 0 bridgehead atoms. The first-order valence-corrected chi connectivity index (χ1v) is 5.75. The summed E-state index contributed by atoms with van der Waals surface area (Å²) in [6.45, 7) is 0. The van der Waals surface area contributed by atoms with E-state index in [0.29, 0.717) is 0 Å². The van der Waals surface area contributed by atoms with E-state index < -0.39 is 0 Å². The fourth-order valence-corrected chi connectivity index (χ4v) is 2.44. The molecule has 0 fully saturated rings. The van der Waals surface area contributed by atoms with Gasteiger partial charge in [0.25, 0.3) is 5.56 Å². The van der Waals surface area contributed by atoms with E-state index in [1.54, 1.807) is 15.9 Å². The average molecular weight is 265 g/mol. The van der Waals surface area contributed by atoms with Crippen molar-refractivity contribution in [3.8, 4) is 5.00 Å². The molecule has 0 atom stereocenters. The fraction of sp³-hybridized carbons (Fsp3) is 0. The van der Waals surface area contributed by atoms with E-state index in [1.807, 2.05) is 41.8 Å². The Morgan fingerprint density at radius 2 is 1.94 bits per heavy atom. The maximum Gasteiger partial charge on any atom is 0.274 e. The Balaban J connectivity index is 0.00000108. The molecular formula is C12H9ClN2OS. The zero-order valence-electron chi connectivity index (χ0n) is 8.74. The number of para-hydroxylation sites is 2. The van der Waals surface area contributed by atoms with Gasteiger partial charge in [-0.1, -0.05) is 12.1 Å². The number of hydrogen-bond acceptors (Lipinski definition) is 3. The molecule has 5 heteroatoms. The van der Waals surface area contributed by atoms with Crippen LogP contribution in [-0.4, -0.2) is 9.55 Å². The van der Waals surface area contributed by atoms with Crippen LogP contribution in [0.4, 0.5) is 0 Å². The second kappa shape index (κ2) is 4.69. The van der Waals surface area contributed by atoms with Crippen molar-refractivity contribution in [2.24, 2.45) is 0 Å². The molecule has 3 aromatic rings. The second-order valence-electron chi connectivity index (χ2n) is 3.37. The molecule has 0 amide bonds. The van der Waals surface area contributed by atoms with E-state index in [0.717, 1.165) is 16.0 Å². The fourth-order valence-electron chi connectivity index (χ4n) is 1.69. The largest absolute Gasteiger partial charge is 0.274 e. The van der Waals surface area contributed by atoms with Crippen LogP contribution < -0.4 is 5.56 Å². The summed E-state index contributed by atoms with van der Waals surface area (Å²) < 4.78 is 1.69. The third-order valence-corrected chi connectivity index (χ3v) is 3.24. The number of thiophene rings is 1. The Morgan fingerprint density at radius 1 is 1.12 bits per heavy atom. The maximum absolute atomic E-state index is 11.8. The quantitative estimate of drug-likeness (QED) is 0.677. The van der Waals surface area contributed by atoms with Crippen molar-refractivity contribution in [3.05, 3.63) is 58.3 Å². The highest BCUT2D eigenvalue weighted by Gasteiger charge is 2.05. The molecule has 2 heterocycles. The molecule has 17 heavy (non-hydrogen) atoms. The summed E-state index contributed by atoms with van der Waals surface area (Å²) in [6.07, 6.45) is 1.36. The lowest BCUT2D eigenvalue weighted by Gasteiger charge is -2.05.